The number of hydrogen-bond donors (Lipinski definition) is 2. The van der Waals surface area contributed by atoms with Crippen LogP contribution in [0.15, 0.2) is 0 Å². The molecule has 0 heterocycles. The fourth-order valence-electron chi connectivity index (χ4n) is 1.93. The van der Waals surface area contributed by atoms with Gasteiger partial charge in [0.25, 0.3) is 0 Å². The van der Waals surface area contributed by atoms with Crippen molar-refractivity contribution in [1.29, 1.82) is 0 Å². The molecule has 0 unspecified atom stereocenters. The van der Waals surface area contributed by atoms with Crippen LogP contribution in [-0.4, -0.2) is 30.0 Å². The molecular formula is C10H18F3NO. The lowest BCUT2D eigenvalue weighted by Gasteiger charge is -2.28. The second kappa shape index (κ2) is 5.70. The molecule has 1 fully saturated rings. The summed E-state index contributed by atoms with van der Waals surface area (Å²) >= 11 is 0. The van der Waals surface area contributed by atoms with E-state index in [1.54, 1.807) is 0 Å². The van der Waals surface area contributed by atoms with Crippen molar-refractivity contribution >= 4 is 0 Å². The van der Waals surface area contributed by atoms with Crippen LogP contribution in [0.2, 0.25) is 0 Å². The normalized spacial score (nSPS) is 28.0. The van der Waals surface area contributed by atoms with E-state index in [1.165, 1.54) is 0 Å². The van der Waals surface area contributed by atoms with Crippen molar-refractivity contribution in [3.63, 3.8) is 0 Å². The van der Waals surface area contributed by atoms with Crippen LogP contribution in [0.3, 0.4) is 0 Å². The molecule has 0 bridgehead atoms. The summed E-state index contributed by atoms with van der Waals surface area (Å²) < 4.78 is 35.5. The van der Waals surface area contributed by atoms with Gasteiger partial charge in [-0.2, -0.15) is 13.2 Å². The number of alkyl halides is 3. The van der Waals surface area contributed by atoms with E-state index in [9.17, 15) is 18.3 Å². The summed E-state index contributed by atoms with van der Waals surface area (Å²) in [5.74, 6) is 0. The van der Waals surface area contributed by atoms with Crippen LogP contribution < -0.4 is 5.32 Å². The van der Waals surface area contributed by atoms with Crippen LogP contribution in [0.25, 0.3) is 0 Å². The first kappa shape index (κ1) is 12.8. The Morgan fingerprint density at radius 1 is 1.20 bits per heavy atom. The molecule has 1 aliphatic carbocycles. The van der Waals surface area contributed by atoms with Crippen molar-refractivity contribution in [2.75, 3.05) is 6.54 Å². The minimum atomic E-state index is -4.06. The molecule has 0 aliphatic heterocycles. The number of rotatable bonds is 4. The van der Waals surface area contributed by atoms with Gasteiger partial charge in [-0.25, -0.2) is 0 Å². The van der Waals surface area contributed by atoms with E-state index in [0.717, 1.165) is 25.7 Å². The Hall–Kier alpha value is -0.290. The summed E-state index contributed by atoms with van der Waals surface area (Å²) in [6, 6.07) is -0.00742. The van der Waals surface area contributed by atoms with E-state index in [2.05, 4.69) is 5.32 Å². The summed E-state index contributed by atoms with van der Waals surface area (Å²) in [6.45, 7) is 0.335. The number of nitrogens with one attached hydrogen (secondary N) is 1. The number of halogens is 3. The molecule has 90 valence electrons. The van der Waals surface area contributed by atoms with Gasteiger partial charge in [-0.3, -0.25) is 0 Å². The number of aliphatic hydroxyl groups excluding tert-OH is 1. The highest BCUT2D eigenvalue weighted by Crippen LogP contribution is 2.21. The summed E-state index contributed by atoms with van der Waals surface area (Å²) in [4.78, 5) is 0. The monoisotopic (exact) mass is 225 g/mol. The van der Waals surface area contributed by atoms with E-state index in [-0.39, 0.29) is 18.6 Å². The Balaban J connectivity index is 2.08. The fraction of sp³-hybridized carbons (Fsp3) is 1.00. The molecule has 0 amide bonds. The Morgan fingerprint density at radius 2 is 1.87 bits per heavy atom. The lowest BCUT2D eigenvalue weighted by molar-refractivity contribution is -0.135. The topological polar surface area (TPSA) is 32.3 Å². The Morgan fingerprint density at radius 3 is 2.47 bits per heavy atom. The van der Waals surface area contributed by atoms with Gasteiger partial charge in [0.2, 0.25) is 0 Å². The van der Waals surface area contributed by atoms with Crippen molar-refractivity contribution in [2.24, 2.45) is 0 Å². The van der Waals surface area contributed by atoms with Gasteiger partial charge >= 0.3 is 6.18 Å². The van der Waals surface area contributed by atoms with Gasteiger partial charge in [-0.05, 0) is 25.8 Å². The number of aliphatic hydroxyl groups is 1. The van der Waals surface area contributed by atoms with Crippen LogP contribution in [0.1, 0.15) is 38.5 Å². The molecule has 5 heteroatoms. The molecule has 15 heavy (non-hydrogen) atoms. The van der Waals surface area contributed by atoms with Gasteiger partial charge in [0.05, 0.1) is 6.10 Å². The first-order valence-corrected chi connectivity index (χ1v) is 5.47. The minimum absolute atomic E-state index is 0.00742. The van der Waals surface area contributed by atoms with Crippen molar-refractivity contribution in [2.45, 2.75) is 56.8 Å². The molecule has 0 aromatic heterocycles. The predicted molar refractivity (Wildman–Crippen MR) is 51.6 cm³/mol. The molecular weight excluding hydrogens is 207 g/mol. The van der Waals surface area contributed by atoms with E-state index in [4.69, 9.17) is 0 Å². The molecule has 1 saturated carbocycles. The van der Waals surface area contributed by atoms with Gasteiger partial charge in [-0.1, -0.05) is 12.8 Å². The second-order valence-corrected chi connectivity index (χ2v) is 4.13. The van der Waals surface area contributed by atoms with Gasteiger partial charge in [-0.15, -0.1) is 0 Å². The van der Waals surface area contributed by atoms with Crippen LogP contribution in [0.4, 0.5) is 13.2 Å². The van der Waals surface area contributed by atoms with Crippen LogP contribution in [-0.2, 0) is 0 Å². The lowest BCUT2D eigenvalue weighted by atomic mass is 9.92. The molecule has 0 aromatic rings. The zero-order valence-corrected chi connectivity index (χ0v) is 8.69. The maximum absolute atomic E-state index is 11.8. The highest BCUT2D eigenvalue weighted by molar-refractivity contribution is 4.80. The zero-order chi connectivity index (χ0) is 11.3. The molecule has 2 nitrogen and oxygen atoms in total. The smallest absolute Gasteiger partial charge is 0.389 e. The molecule has 1 aliphatic rings. The average molecular weight is 225 g/mol. The largest absolute Gasteiger partial charge is 0.392 e. The standard InChI is InChI=1S/C10H18F3NO/c11-10(12,13)6-3-7-14-8-4-1-2-5-9(8)15/h8-9,14-15H,1-7H2/t8-,9-/m1/s1. The lowest BCUT2D eigenvalue weighted by Crippen LogP contribution is -2.42. The quantitative estimate of drug-likeness (QED) is 0.719. The number of hydrogen-bond acceptors (Lipinski definition) is 2. The zero-order valence-electron chi connectivity index (χ0n) is 8.69. The van der Waals surface area contributed by atoms with Gasteiger partial charge in [0.15, 0.2) is 0 Å². The first-order valence-electron chi connectivity index (χ1n) is 5.47. The third-order valence-electron chi connectivity index (χ3n) is 2.77. The molecule has 2 N–H and O–H groups in total. The molecule has 1 rings (SSSR count). The third kappa shape index (κ3) is 5.37. The van der Waals surface area contributed by atoms with Crippen LogP contribution in [0, 0.1) is 0 Å². The summed E-state index contributed by atoms with van der Waals surface area (Å²) in [5.41, 5.74) is 0. The van der Waals surface area contributed by atoms with E-state index in [1.807, 2.05) is 0 Å². The van der Waals surface area contributed by atoms with Crippen molar-refractivity contribution < 1.29 is 18.3 Å². The molecule has 0 spiro atoms. The fourth-order valence-corrected chi connectivity index (χ4v) is 1.93. The van der Waals surface area contributed by atoms with Gasteiger partial charge in [0, 0.05) is 12.5 Å². The SMILES string of the molecule is O[C@@H]1CCCC[C@H]1NCCCC(F)(F)F. The highest BCUT2D eigenvalue weighted by atomic mass is 19.4. The maximum atomic E-state index is 11.8. The molecule has 2 atom stereocenters. The summed E-state index contributed by atoms with van der Waals surface area (Å²) in [6.07, 6.45) is -1.41. The van der Waals surface area contributed by atoms with Gasteiger partial charge < -0.3 is 10.4 Å². The average Bonchev–Trinajstić information content (AvgIpc) is 2.13. The molecule has 0 aromatic carbocycles. The van der Waals surface area contributed by atoms with E-state index >= 15 is 0 Å². The van der Waals surface area contributed by atoms with E-state index in [0.29, 0.717) is 6.54 Å². The van der Waals surface area contributed by atoms with Gasteiger partial charge in [0.1, 0.15) is 0 Å². The molecule has 0 radical (unpaired) electrons. The summed E-state index contributed by atoms with van der Waals surface area (Å²) in [7, 11) is 0. The third-order valence-corrected chi connectivity index (χ3v) is 2.77. The van der Waals surface area contributed by atoms with Crippen LogP contribution in [0.5, 0.6) is 0 Å². The second-order valence-electron chi connectivity index (χ2n) is 4.13. The van der Waals surface area contributed by atoms with E-state index < -0.39 is 12.6 Å². The Kier molecular flexibility index (Phi) is 4.86. The summed E-state index contributed by atoms with van der Waals surface area (Å²) in [5, 5.41) is 12.5. The van der Waals surface area contributed by atoms with Crippen molar-refractivity contribution in [3.8, 4) is 0 Å². The minimum Gasteiger partial charge on any atom is -0.392 e. The van der Waals surface area contributed by atoms with Crippen molar-refractivity contribution in [3.05, 3.63) is 0 Å². The van der Waals surface area contributed by atoms with Crippen LogP contribution >= 0.6 is 0 Å². The Bertz CT molecular complexity index is 184. The molecule has 0 saturated heterocycles. The first-order chi connectivity index (χ1) is 6.99. The van der Waals surface area contributed by atoms with Crippen molar-refractivity contribution in [1.82, 2.24) is 5.32 Å². The highest BCUT2D eigenvalue weighted by Gasteiger charge is 2.27. The predicted octanol–water partition coefficient (Wildman–Crippen LogP) is 2.22. The maximum Gasteiger partial charge on any atom is 0.389 e. The Labute approximate surface area is 87.9 Å².